The van der Waals surface area contributed by atoms with E-state index in [1.165, 1.54) is 0 Å². The van der Waals surface area contributed by atoms with Crippen LogP contribution in [0.5, 0.6) is 0 Å². The van der Waals surface area contributed by atoms with Crippen molar-refractivity contribution >= 4 is 16.7 Å². The summed E-state index contributed by atoms with van der Waals surface area (Å²) in [6, 6.07) is 27.3. The highest BCUT2D eigenvalue weighted by atomic mass is 16.4. The highest BCUT2D eigenvalue weighted by Crippen LogP contribution is 2.39. The Morgan fingerprint density at radius 2 is 1.38 bits per heavy atom. The predicted molar refractivity (Wildman–Crippen MR) is 106 cm³/mol. The second kappa shape index (κ2) is 6.36. The lowest BCUT2D eigenvalue weighted by Gasteiger charge is -2.28. The molecule has 0 saturated heterocycles. The van der Waals surface area contributed by atoms with Crippen molar-refractivity contribution < 1.29 is 9.52 Å². The molecule has 4 aromatic rings. The lowest BCUT2D eigenvalue weighted by Crippen LogP contribution is -2.28. The molecule has 26 heavy (non-hydrogen) atoms. The zero-order chi connectivity index (χ0) is 18.1. The summed E-state index contributed by atoms with van der Waals surface area (Å²) in [6.07, 6.45) is 0. The van der Waals surface area contributed by atoms with E-state index in [0.29, 0.717) is 5.76 Å². The summed E-state index contributed by atoms with van der Waals surface area (Å²) in [6.45, 7) is 0. The Morgan fingerprint density at radius 1 is 0.769 bits per heavy atom. The van der Waals surface area contributed by atoms with Crippen LogP contribution in [-0.2, 0) is 5.60 Å². The van der Waals surface area contributed by atoms with Crippen LogP contribution in [-0.4, -0.2) is 19.2 Å². The Bertz CT molecular complexity index is 986. The van der Waals surface area contributed by atoms with Gasteiger partial charge in [0.1, 0.15) is 11.3 Å². The molecule has 0 saturated carbocycles. The molecule has 0 fully saturated rings. The van der Waals surface area contributed by atoms with Crippen LogP contribution in [0.1, 0.15) is 16.9 Å². The highest BCUT2D eigenvalue weighted by Gasteiger charge is 2.37. The van der Waals surface area contributed by atoms with Crippen molar-refractivity contribution in [2.45, 2.75) is 5.60 Å². The third-order valence-electron chi connectivity index (χ3n) is 4.78. The molecular formula is C23H21NO2. The van der Waals surface area contributed by atoms with Crippen LogP contribution < -0.4 is 4.90 Å². The Morgan fingerprint density at radius 3 is 2.04 bits per heavy atom. The Kier molecular flexibility index (Phi) is 4.02. The fourth-order valence-electron chi connectivity index (χ4n) is 3.29. The summed E-state index contributed by atoms with van der Waals surface area (Å²) < 4.78 is 6.06. The van der Waals surface area contributed by atoms with E-state index >= 15 is 0 Å². The molecule has 1 heterocycles. The van der Waals surface area contributed by atoms with Crippen LogP contribution in [0.3, 0.4) is 0 Å². The summed E-state index contributed by atoms with van der Waals surface area (Å²) in [5, 5.41) is 12.8. The molecule has 3 nitrogen and oxygen atoms in total. The van der Waals surface area contributed by atoms with E-state index in [2.05, 4.69) is 0 Å². The molecule has 1 unspecified atom stereocenters. The number of para-hydroxylation sites is 1. The fourth-order valence-corrected chi connectivity index (χ4v) is 3.29. The number of benzene rings is 3. The molecule has 1 N–H and O–H groups in total. The summed E-state index contributed by atoms with van der Waals surface area (Å²) in [5.74, 6) is 0.516. The second-order valence-corrected chi connectivity index (χ2v) is 6.67. The van der Waals surface area contributed by atoms with Gasteiger partial charge in [0.25, 0.3) is 0 Å². The molecule has 1 aromatic heterocycles. The highest BCUT2D eigenvalue weighted by molar-refractivity contribution is 5.78. The van der Waals surface area contributed by atoms with Gasteiger partial charge in [-0.2, -0.15) is 0 Å². The molecule has 130 valence electrons. The molecule has 0 bridgehead atoms. The van der Waals surface area contributed by atoms with Crippen molar-refractivity contribution in [2.24, 2.45) is 0 Å². The van der Waals surface area contributed by atoms with Crippen molar-refractivity contribution in [1.82, 2.24) is 0 Å². The van der Waals surface area contributed by atoms with Gasteiger partial charge in [0.2, 0.25) is 0 Å². The van der Waals surface area contributed by atoms with E-state index < -0.39 is 5.60 Å². The number of anilines is 1. The molecule has 0 aliphatic heterocycles. The standard InChI is InChI=1S/C23H21NO2/c1-24(2)20-14-12-19(13-15-20)23(25,18-9-4-3-5-10-18)22-16-17-8-6-7-11-21(17)26-22/h3-16,25H,1-2H3. The van der Waals surface area contributed by atoms with Crippen LogP contribution in [0, 0.1) is 0 Å². The molecule has 3 aromatic carbocycles. The van der Waals surface area contributed by atoms with Crippen molar-refractivity contribution in [3.8, 4) is 0 Å². The Labute approximate surface area is 153 Å². The maximum atomic E-state index is 11.8. The minimum Gasteiger partial charge on any atom is -0.457 e. The van der Waals surface area contributed by atoms with Gasteiger partial charge in [-0.1, -0.05) is 60.7 Å². The van der Waals surface area contributed by atoms with E-state index in [9.17, 15) is 5.11 Å². The van der Waals surface area contributed by atoms with E-state index in [0.717, 1.165) is 27.8 Å². The van der Waals surface area contributed by atoms with Crippen molar-refractivity contribution in [3.63, 3.8) is 0 Å². The number of hydrogen-bond donors (Lipinski definition) is 1. The molecule has 3 heteroatoms. The summed E-state index contributed by atoms with van der Waals surface area (Å²) in [4.78, 5) is 2.03. The van der Waals surface area contributed by atoms with Crippen molar-refractivity contribution in [3.05, 3.63) is 102 Å². The van der Waals surface area contributed by atoms with E-state index in [4.69, 9.17) is 4.42 Å². The van der Waals surface area contributed by atoms with Crippen LogP contribution >= 0.6 is 0 Å². The third kappa shape index (κ3) is 2.67. The van der Waals surface area contributed by atoms with Gasteiger partial charge in [-0.05, 0) is 35.4 Å². The number of furan rings is 1. The predicted octanol–water partition coefficient (Wildman–Crippen LogP) is 4.78. The fraction of sp³-hybridized carbons (Fsp3) is 0.130. The van der Waals surface area contributed by atoms with Gasteiger partial charge < -0.3 is 14.4 Å². The van der Waals surface area contributed by atoms with Crippen LogP contribution in [0.15, 0.2) is 89.3 Å². The minimum absolute atomic E-state index is 0.516. The number of nitrogens with zero attached hydrogens (tertiary/aromatic N) is 1. The largest absolute Gasteiger partial charge is 0.457 e. The molecule has 0 spiro atoms. The Balaban J connectivity index is 1.92. The molecule has 0 amide bonds. The topological polar surface area (TPSA) is 36.6 Å². The molecular weight excluding hydrogens is 322 g/mol. The van der Waals surface area contributed by atoms with Crippen LogP contribution in [0.2, 0.25) is 0 Å². The first-order valence-corrected chi connectivity index (χ1v) is 8.64. The number of fused-ring (bicyclic) bond motifs is 1. The maximum Gasteiger partial charge on any atom is 0.173 e. The third-order valence-corrected chi connectivity index (χ3v) is 4.78. The first-order valence-electron chi connectivity index (χ1n) is 8.64. The van der Waals surface area contributed by atoms with Gasteiger partial charge in [-0.15, -0.1) is 0 Å². The summed E-state index contributed by atoms with van der Waals surface area (Å²) in [5.41, 5.74) is 2.03. The first-order chi connectivity index (χ1) is 12.6. The smallest absolute Gasteiger partial charge is 0.173 e. The van der Waals surface area contributed by atoms with E-state index in [-0.39, 0.29) is 0 Å². The SMILES string of the molecule is CN(C)c1ccc(C(O)(c2ccccc2)c2cc3ccccc3o2)cc1. The molecule has 0 aliphatic rings. The van der Waals surface area contributed by atoms with Gasteiger partial charge in [-0.3, -0.25) is 0 Å². The van der Waals surface area contributed by atoms with Crippen molar-refractivity contribution in [2.75, 3.05) is 19.0 Å². The van der Waals surface area contributed by atoms with Gasteiger partial charge >= 0.3 is 0 Å². The van der Waals surface area contributed by atoms with Crippen molar-refractivity contribution in [1.29, 1.82) is 0 Å². The van der Waals surface area contributed by atoms with Crippen LogP contribution in [0.25, 0.3) is 11.0 Å². The summed E-state index contributed by atoms with van der Waals surface area (Å²) in [7, 11) is 4.00. The molecule has 0 radical (unpaired) electrons. The molecule has 0 aliphatic carbocycles. The monoisotopic (exact) mass is 343 g/mol. The van der Waals surface area contributed by atoms with E-state index in [1.807, 2.05) is 104 Å². The Hall–Kier alpha value is -3.04. The number of hydrogen-bond acceptors (Lipinski definition) is 3. The summed E-state index contributed by atoms with van der Waals surface area (Å²) >= 11 is 0. The second-order valence-electron chi connectivity index (χ2n) is 6.67. The van der Waals surface area contributed by atoms with Gasteiger partial charge in [0.05, 0.1) is 0 Å². The maximum absolute atomic E-state index is 11.8. The van der Waals surface area contributed by atoms with Gasteiger partial charge in [0, 0.05) is 25.2 Å². The number of rotatable bonds is 4. The average molecular weight is 343 g/mol. The van der Waals surface area contributed by atoms with Gasteiger partial charge in [0.15, 0.2) is 5.60 Å². The first kappa shape index (κ1) is 16.4. The van der Waals surface area contributed by atoms with Crippen LogP contribution in [0.4, 0.5) is 5.69 Å². The zero-order valence-corrected chi connectivity index (χ0v) is 14.9. The number of aliphatic hydroxyl groups is 1. The quantitative estimate of drug-likeness (QED) is 0.579. The molecule has 4 rings (SSSR count). The van der Waals surface area contributed by atoms with Gasteiger partial charge in [-0.25, -0.2) is 0 Å². The lowest BCUT2D eigenvalue weighted by atomic mass is 9.84. The lowest BCUT2D eigenvalue weighted by molar-refractivity contribution is 0.101. The average Bonchev–Trinajstić information content (AvgIpc) is 3.13. The minimum atomic E-state index is -1.36. The zero-order valence-electron chi connectivity index (χ0n) is 14.9. The van der Waals surface area contributed by atoms with E-state index in [1.54, 1.807) is 0 Å². The molecule has 1 atom stereocenters. The normalized spacial score (nSPS) is 13.5.